The summed E-state index contributed by atoms with van der Waals surface area (Å²) in [5.74, 6) is 0.00641. The van der Waals surface area contributed by atoms with E-state index >= 15 is 0 Å². The van der Waals surface area contributed by atoms with Gasteiger partial charge in [0.15, 0.2) is 5.15 Å². The number of carbonyl (C=O) groups excluding carboxylic acids is 1. The number of amides is 1. The highest BCUT2D eigenvalue weighted by Crippen LogP contribution is 2.03. The molecule has 1 aromatic heterocycles. The molecule has 0 radical (unpaired) electrons. The van der Waals surface area contributed by atoms with Gasteiger partial charge in [-0.3, -0.25) is 9.69 Å². The van der Waals surface area contributed by atoms with Gasteiger partial charge in [-0.05, 0) is 26.1 Å². The van der Waals surface area contributed by atoms with Gasteiger partial charge in [0.25, 0.3) is 0 Å². The normalized spacial score (nSPS) is 10.5. The maximum absolute atomic E-state index is 11.3. The Morgan fingerprint density at radius 2 is 2.25 bits per heavy atom. The van der Waals surface area contributed by atoms with Crippen molar-refractivity contribution in [3.8, 4) is 0 Å². The van der Waals surface area contributed by atoms with E-state index in [1.807, 2.05) is 18.9 Å². The minimum absolute atomic E-state index is 0.00641. The Morgan fingerprint density at radius 3 is 2.81 bits per heavy atom. The molecule has 1 rings (SSSR count). The molecule has 16 heavy (non-hydrogen) atoms. The Balaban J connectivity index is 2.42. The van der Waals surface area contributed by atoms with E-state index in [0.717, 1.165) is 5.69 Å². The van der Waals surface area contributed by atoms with Crippen molar-refractivity contribution >= 4 is 17.5 Å². The van der Waals surface area contributed by atoms with Crippen LogP contribution in [0.25, 0.3) is 0 Å². The first kappa shape index (κ1) is 12.9. The van der Waals surface area contributed by atoms with Crippen LogP contribution in [0.5, 0.6) is 0 Å². The van der Waals surface area contributed by atoms with Gasteiger partial charge in [0.2, 0.25) is 5.91 Å². The van der Waals surface area contributed by atoms with E-state index in [2.05, 4.69) is 15.5 Å². The minimum Gasteiger partial charge on any atom is -0.355 e. The lowest BCUT2D eigenvalue weighted by molar-refractivity contribution is -0.121. The van der Waals surface area contributed by atoms with Crippen molar-refractivity contribution < 1.29 is 4.79 Å². The lowest BCUT2D eigenvalue weighted by atomic mass is 10.3. The van der Waals surface area contributed by atoms with Gasteiger partial charge < -0.3 is 5.32 Å². The lowest BCUT2D eigenvalue weighted by Gasteiger charge is -2.14. The van der Waals surface area contributed by atoms with Gasteiger partial charge in [0.1, 0.15) is 0 Å². The second-order valence-electron chi connectivity index (χ2n) is 3.47. The van der Waals surface area contributed by atoms with E-state index in [-0.39, 0.29) is 5.91 Å². The van der Waals surface area contributed by atoms with Crippen LogP contribution in [0.1, 0.15) is 12.6 Å². The number of nitrogens with zero attached hydrogens (tertiary/aromatic N) is 3. The second kappa shape index (κ2) is 6.40. The summed E-state index contributed by atoms with van der Waals surface area (Å²) in [6, 6.07) is 3.48. The quantitative estimate of drug-likeness (QED) is 0.826. The van der Waals surface area contributed by atoms with E-state index in [9.17, 15) is 4.79 Å². The van der Waals surface area contributed by atoms with Crippen LogP contribution < -0.4 is 5.32 Å². The number of nitrogens with one attached hydrogen (secondary N) is 1. The summed E-state index contributed by atoms with van der Waals surface area (Å²) in [7, 11) is 1.85. The number of halogens is 1. The average molecular weight is 243 g/mol. The third-order valence-electron chi connectivity index (χ3n) is 1.91. The predicted molar refractivity (Wildman–Crippen MR) is 62.1 cm³/mol. The van der Waals surface area contributed by atoms with Crippen molar-refractivity contribution in [3.63, 3.8) is 0 Å². The summed E-state index contributed by atoms with van der Waals surface area (Å²) in [6.45, 7) is 3.45. The molecule has 0 fully saturated rings. The van der Waals surface area contributed by atoms with Gasteiger partial charge in [0, 0.05) is 13.1 Å². The molecular weight excluding hydrogens is 228 g/mol. The van der Waals surface area contributed by atoms with Crippen molar-refractivity contribution in [2.45, 2.75) is 13.5 Å². The number of rotatable bonds is 5. The Bertz CT molecular complexity index is 341. The first-order valence-corrected chi connectivity index (χ1v) is 5.43. The highest BCUT2D eigenvalue weighted by Gasteiger charge is 2.06. The highest BCUT2D eigenvalue weighted by molar-refractivity contribution is 6.29. The summed E-state index contributed by atoms with van der Waals surface area (Å²) in [4.78, 5) is 13.2. The van der Waals surface area contributed by atoms with Gasteiger partial charge in [-0.1, -0.05) is 11.6 Å². The summed E-state index contributed by atoms with van der Waals surface area (Å²) in [6.07, 6.45) is 0. The fourth-order valence-electron chi connectivity index (χ4n) is 1.26. The van der Waals surface area contributed by atoms with E-state index in [4.69, 9.17) is 11.6 Å². The van der Waals surface area contributed by atoms with Crippen LogP contribution in [0.4, 0.5) is 0 Å². The summed E-state index contributed by atoms with van der Waals surface area (Å²) < 4.78 is 0. The van der Waals surface area contributed by atoms with Crippen LogP contribution in [0, 0.1) is 0 Å². The maximum atomic E-state index is 11.3. The van der Waals surface area contributed by atoms with Gasteiger partial charge in [0.05, 0.1) is 12.2 Å². The largest absolute Gasteiger partial charge is 0.355 e. The van der Waals surface area contributed by atoms with Gasteiger partial charge >= 0.3 is 0 Å². The lowest BCUT2D eigenvalue weighted by Crippen LogP contribution is -2.34. The molecule has 0 saturated heterocycles. The fourth-order valence-corrected chi connectivity index (χ4v) is 1.36. The summed E-state index contributed by atoms with van der Waals surface area (Å²) in [5.41, 5.74) is 0.788. The molecule has 88 valence electrons. The Kier molecular flexibility index (Phi) is 5.14. The molecule has 0 bridgehead atoms. The topological polar surface area (TPSA) is 58.1 Å². The van der Waals surface area contributed by atoms with E-state index < -0.39 is 0 Å². The molecule has 0 atom stereocenters. The van der Waals surface area contributed by atoms with Crippen LogP contribution in [0.15, 0.2) is 12.1 Å². The zero-order valence-electron chi connectivity index (χ0n) is 9.40. The van der Waals surface area contributed by atoms with Crippen LogP contribution in [0.2, 0.25) is 5.15 Å². The molecular formula is C10H15ClN4O. The van der Waals surface area contributed by atoms with Crippen molar-refractivity contribution in [1.29, 1.82) is 0 Å². The molecule has 1 N–H and O–H groups in total. The van der Waals surface area contributed by atoms with Crippen LogP contribution in [-0.4, -0.2) is 41.1 Å². The number of likely N-dealkylation sites (N-methyl/N-ethyl adjacent to an activating group) is 2. The summed E-state index contributed by atoms with van der Waals surface area (Å²) in [5, 5.41) is 10.8. The number of carbonyl (C=O) groups is 1. The molecule has 1 aromatic rings. The molecule has 0 aliphatic heterocycles. The van der Waals surface area contributed by atoms with Crippen molar-refractivity contribution in [1.82, 2.24) is 20.4 Å². The van der Waals surface area contributed by atoms with Crippen LogP contribution in [-0.2, 0) is 11.3 Å². The molecule has 0 spiro atoms. The van der Waals surface area contributed by atoms with Gasteiger partial charge in [-0.25, -0.2) is 0 Å². The van der Waals surface area contributed by atoms with Gasteiger partial charge in [-0.15, -0.1) is 5.10 Å². The third kappa shape index (κ3) is 4.55. The van der Waals surface area contributed by atoms with Crippen LogP contribution >= 0.6 is 11.6 Å². The standard InChI is InChI=1S/C10H15ClN4O/c1-3-12-10(16)7-15(2)6-8-4-5-9(11)14-13-8/h4-5H,3,6-7H2,1-2H3,(H,12,16). The summed E-state index contributed by atoms with van der Waals surface area (Å²) >= 11 is 5.62. The minimum atomic E-state index is 0.00641. The Hall–Kier alpha value is -1.20. The Labute approximate surface area is 99.8 Å². The third-order valence-corrected chi connectivity index (χ3v) is 2.11. The van der Waals surface area contributed by atoms with Crippen molar-refractivity contribution in [3.05, 3.63) is 23.0 Å². The first-order valence-electron chi connectivity index (χ1n) is 5.05. The van der Waals surface area contributed by atoms with E-state index in [1.54, 1.807) is 12.1 Å². The molecule has 0 aliphatic carbocycles. The van der Waals surface area contributed by atoms with Crippen molar-refractivity contribution in [2.24, 2.45) is 0 Å². The zero-order chi connectivity index (χ0) is 12.0. The SMILES string of the molecule is CCNC(=O)CN(C)Cc1ccc(Cl)nn1. The molecule has 5 nitrogen and oxygen atoms in total. The molecule has 1 amide bonds. The van der Waals surface area contributed by atoms with E-state index in [1.165, 1.54) is 0 Å². The number of hydrogen-bond donors (Lipinski definition) is 1. The zero-order valence-corrected chi connectivity index (χ0v) is 10.2. The second-order valence-corrected chi connectivity index (χ2v) is 3.86. The van der Waals surface area contributed by atoms with E-state index in [0.29, 0.717) is 24.8 Å². The smallest absolute Gasteiger partial charge is 0.234 e. The maximum Gasteiger partial charge on any atom is 0.234 e. The van der Waals surface area contributed by atoms with Crippen LogP contribution in [0.3, 0.4) is 0 Å². The fraction of sp³-hybridized carbons (Fsp3) is 0.500. The Morgan fingerprint density at radius 1 is 1.50 bits per heavy atom. The van der Waals surface area contributed by atoms with Crippen molar-refractivity contribution in [2.75, 3.05) is 20.1 Å². The number of hydrogen-bond acceptors (Lipinski definition) is 4. The predicted octanol–water partition coefficient (Wildman–Crippen LogP) is 0.698. The molecule has 0 unspecified atom stereocenters. The molecule has 0 aromatic carbocycles. The monoisotopic (exact) mass is 242 g/mol. The van der Waals surface area contributed by atoms with Gasteiger partial charge in [-0.2, -0.15) is 5.10 Å². The average Bonchev–Trinajstić information content (AvgIpc) is 2.21. The number of aromatic nitrogens is 2. The molecule has 0 saturated carbocycles. The molecule has 1 heterocycles. The first-order chi connectivity index (χ1) is 7.61. The molecule has 6 heteroatoms. The molecule has 0 aliphatic rings. The highest BCUT2D eigenvalue weighted by atomic mass is 35.5.